The topological polar surface area (TPSA) is 9.23 Å². The van der Waals surface area contributed by atoms with E-state index in [0.717, 1.165) is 43.3 Å². The number of ether oxygens (including phenoxy) is 1. The van der Waals surface area contributed by atoms with Crippen LogP contribution in [-0.2, 0) is 11.3 Å². The van der Waals surface area contributed by atoms with Gasteiger partial charge in [0, 0.05) is 0 Å². The molecule has 2 aliphatic carbocycles. The highest BCUT2D eigenvalue weighted by molar-refractivity contribution is 5.25. The minimum atomic E-state index is 0.735. The van der Waals surface area contributed by atoms with Gasteiger partial charge < -0.3 is 4.74 Å². The molecule has 0 bridgehead atoms. The van der Waals surface area contributed by atoms with E-state index in [0.29, 0.717) is 0 Å². The van der Waals surface area contributed by atoms with E-state index in [-0.39, 0.29) is 0 Å². The highest BCUT2D eigenvalue weighted by atomic mass is 16.5. The predicted octanol–water partition coefficient (Wildman–Crippen LogP) is 7.83. The monoisotopic (exact) mass is 380 g/mol. The van der Waals surface area contributed by atoms with Crippen LogP contribution in [0.5, 0.6) is 0 Å². The van der Waals surface area contributed by atoms with Gasteiger partial charge in [-0.25, -0.2) is 0 Å². The van der Waals surface area contributed by atoms with Crippen LogP contribution in [-0.4, -0.2) is 6.61 Å². The molecule has 1 nitrogen and oxygen atoms in total. The Balaban J connectivity index is 1.39. The van der Waals surface area contributed by atoms with Crippen molar-refractivity contribution in [2.75, 3.05) is 6.61 Å². The van der Waals surface area contributed by atoms with Gasteiger partial charge in [0.05, 0.1) is 13.2 Å². The summed E-state index contributed by atoms with van der Waals surface area (Å²) in [4.78, 5) is 0. The third-order valence-electron chi connectivity index (χ3n) is 7.21. The van der Waals surface area contributed by atoms with Crippen LogP contribution in [0, 0.1) is 17.8 Å². The second-order valence-corrected chi connectivity index (χ2v) is 9.07. The summed E-state index contributed by atoms with van der Waals surface area (Å²) in [5.74, 6) is 3.70. The Hall–Kier alpha value is -1.34. The molecule has 0 radical (unpaired) electrons. The SMILES string of the molecule is C=CC[C@H]1CC[C@H]([C@H]2CC[C@H](c3ccc(COCCC=CC)cc3)CC2)CC1. The van der Waals surface area contributed by atoms with E-state index in [1.54, 1.807) is 5.56 Å². The molecule has 2 fully saturated rings. The number of benzene rings is 1. The molecule has 0 unspecified atom stereocenters. The van der Waals surface area contributed by atoms with E-state index < -0.39 is 0 Å². The Bertz CT molecular complexity index is 583. The summed E-state index contributed by atoms with van der Waals surface area (Å²) in [6.45, 7) is 7.52. The van der Waals surface area contributed by atoms with Crippen molar-refractivity contribution < 1.29 is 4.74 Å². The van der Waals surface area contributed by atoms with Crippen molar-refractivity contribution in [3.05, 3.63) is 60.2 Å². The first-order chi connectivity index (χ1) is 13.8. The van der Waals surface area contributed by atoms with Gasteiger partial charge in [0.25, 0.3) is 0 Å². The summed E-state index contributed by atoms with van der Waals surface area (Å²) >= 11 is 0. The first-order valence-electron chi connectivity index (χ1n) is 11.7. The van der Waals surface area contributed by atoms with Crippen LogP contribution >= 0.6 is 0 Å². The lowest BCUT2D eigenvalue weighted by molar-refractivity contribution is 0.125. The van der Waals surface area contributed by atoms with E-state index in [1.807, 2.05) is 0 Å². The molecule has 0 aliphatic heterocycles. The molecule has 0 amide bonds. The van der Waals surface area contributed by atoms with Gasteiger partial charge >= 0.3 is 0 Å². The van der Waals surface area contributed by atoms with Crippen molar-refractivity contribution in [3.8, 4) is 0 Å². The van der Waals surface area contributed by atoms with Crippen LogP contribution in [0.1, 0.15) is 88.2 Å². The standard InChI is InChI=1S/C27H40O/c1-3-5-6-20-28-21-23-10-14-25(15-11-23)27-18-16-26(17-19-27)24-12-8-22(7-4-2)9-13-24/h3-5,10-11,14-15,22,24,26-27H,2,6-9,12-13,16-21H2,1H3/t22-,24-,26-,27-. The second-order valence-electron chi connectivity index (χ2n) is 9.07. The molecule has 28 heavy (non-hydrogen) atoms. The third-order valence-corrected chi connectivity index (χ3v) is 7.21. The quantitative estimate of drug-likeness (QED) is 0.313. The maximum Gasteiger partial charge on any atom is 0.0717 e. The van der Waals surface area contributed by atoms with E-state index in [4.69, 9.17) is 4.74 Å². The fourth-order valence-corrected chi connectivity index (χ4v) is 5.45. The van der Waals surface area contributed by atoms with Gasteiger partial charge in [-0.3, -0.25) is 0 Å². The molecule has 0 atom stereocenters. The summed E-state index contributed by atoms with van der Waals surface area (Å²) < 4.78 is 5.75. The molecule has 1 aromatic carbocycles. The van der Waals surface area contributed by atoms with Crippen molar-refractivity contribution in [2.24, 2.45) is 17.8 Å². The molecule has 1 aromatic rings. The van der Waals surface area contributed by atoms with Gasteiger partial charge in [-0.05, 0) is 106 Å². The van der Waals surface area contributed by atoms with E-state index in [9.17, 15) is 0 Å². The van der Waals surface area contributed by atoms with E-state index in [1.165, 1.54) is 63.4 Å². The molecule has 1 heteroatoms. The van der Waals surface area contributed by atoms with Crippen LogP contribution < -0.4 is 0 Å². The molecular weight excluding hydrogens is 340 g/mol. The zero-order valence-corrected chi connectivity index (χ0v) is 18.0. The largest absolute Gasteiger partial charge is 0.376 e. The number of rotatable bonds is 9. The summed E-state index contributed by atoms with van der Waals surface area (Å²) in [5, 5.41) is 0. The Morgan fingerprint density at radius 1 is 0.929 bits per heavy atom. The van der Waals surface area contributed by atoms with Crippen molar-refractivity contribution in [1.82, 2.24) is 0 Å². The van der Waals surface area contributed by atoms with E-state index in [2.05, 4.69) is 56.0 Å². The molecule has 2 aliphatic rings. The summed E-state index contributed by atoms with van der Waals surface area (Å²) in [6, 6.07) is 9.27. The zero-order valence-electron chi connectivity index (χ0n) is 18.0. The third kappa shape index (κ3) is 6.34. The van der Waals surface area contributed by atoms with Crippen molar-refractivity contribution in [1.29, 1.82) is 0 Å². The van der Waals surface area contributed by atoms with Crippen LogP contribution in [0.4, 0.5) is 0 Å². The molecule has 154 valence electrons. The summed E-state index contributed by atoms with van der Waals surface area (Å²) in [6.07, 6.45) is 20.1. The van der Waals surface area contributed by atoms with Crippen LogP contribution in [0.15, 0.2) is 49.1 Å². The van der Waals surface area contributed by atoms with Crippen LogP contribution in [0.2, 0.25) is 0 Å². The highest BCUT2D eigenvalue weighted by Gasteiger charge is 2.30. The zero-order chi connectivity index (χ0) is 19.6. The Morgan fingerprint density at radius 2 is 1.57 bits per heavy atom. The number of allylic oxidation sites excluding steroid dienone is 2. The van der Waals surface area contributed by atoms with Crippen molar-refractivity contribution >= 4 is 0 Å². The van der Waals surface area contributed by atoms with Crippen molar-refractivity contribution in [3.63, 3.8) is 0 Å². The average Bonchev–Trinajstić information content (AvgIpc) is 2.75. The molecule has 0 aromatic heterocycles. The Labute approximate surface area is 173 Å². The van der Waals surface area contributed by atoms with Gasteiger partial charge in [-0.15, -0.1) is 6.58 Å². The lowest BCUT2D eigenvalue weighted by Gasteiger charge is -2.38. The minimum absolute atomic E-state index is 0.735. The normalized spacial score (nSPS) is 28.5. The van der Waals surface area contributed by atoms with Gasteiger partial charge in [0.2, 0.25) is 0 Å². The first kappa shape index (κ1) is 21.4. The van der Waals surface area contributed by atoms with Gasteiger partial charge in [0.15, 0.2) is 0 Å². The lowest BCUT2D eigenvalue weighted by Crippen LogP contribution is -2.25. The molecular formula is C27H40O. The minimum Gasteiger partial charge on any atom is -0.376 e. The maximum absolute atomic E-state index is 5.75. The number of hydrogen-bond donors (Lipinski definition) is 0. The molecule has 0 spiro atoms. The van der Waals surface area contributed by atoms with Gasteiger partial charge in [-0.1, -0.05) is 42.5 Å². The fraction of sp³-hybridized carbons (Fsp3) is 0.630. The summed E-state index contributed by atoms with van der Waals surface area (Å²) in [7, 11) is 0. The molecule has 0 heterocycles. The predicted molar refractivity (Wildman–Crippen MR) is 120 cm³/mol. The molecule has 3 rings (SSSR count). The average molecular weight is 381 g/mol. The number of hydrogen-bond acceptors (Lipinski definition) is 1. The fourth-order valence-electron chi connectivity index (χ4n) is 5.45. The molecule has 2 saturated carbocycles. The maximum atomic E-state index is 5.75. The second kappa shape index (κ2) is 11.6. The van der Waals surface area contributed by atoms with E-state index >= 15 is 0 Å². The lowest BCUT2D eigenvalue weighted by atomic mass is 9.68. The highest BCUT2D eigenvalue weighted by Crippen LogP contribution is 2.44. The summed E-state index contributed by atoms with van der Waals surface area (Å²) in [5.41, 5.74) is 2.85. The smallest absolute Gasteiger partial charge is 0.0717 e. The van der Waals surface area contributed by atoms with Crippen LogP contribution in [0.3, 0.4) is 0 Å². The Kier molecular flexibility index (Phi) is 8.86. The van der Waals surface area contributed by atoms with Gasteiger partial charge in [0.1, 0.15) is 0 Å². The van der Waals surface area contributed by atoms with Gasteiger partial charge in [-0.2, -0.15) is 0 Å². The molecule has 0 N–H and O–H groups in total. The Morgan fingerprint density at radius 3 is 2.18 bits per heavy atom. The molecule has 0 saturated heterocycles. The van der Waals surface area contributed by atoms with Crippen molar-refractivity contribution in [2.45, 2.75) is 83.7 Å². The first-order valence-corrected chi connectivity index (χ1v) is 11.7. The van der Waals surface area contributed by atoms with Crippen LogP contribution in [0.25, 0.3) is 0 Å².